The van der Waals surface area contributed by atoms with Crippen molar-refractivity contribution in [3.63, 3.8) is 0 Å². The summed E-state index contributed by atoms with van der Waals surface area (Å²) in [5, 5.41) is 70.8. The summed E-state index contributed by atoms with van der Waals surface area (Å²) in [5.41, 5.74) is 0. The number of ether oxygens (including phenoxy) is 5. The van der Waals surface area contributed by atoms with Gasteiger partial charge in [0.1, 0.15) is 48.8 Å². The second-order valence-electron chi connectivity index (χ2n) is 12.4. The summed E-state index contributed by atoms with van der Waals surface area (Å²) in [4.78, 5) is 11.3. The number of rotatable bonds is 23. The molecule has 2 aliphatic heterocycles. The van der Waals surface area contributed by atoms with Crippen LogP contribution >= 0.6 is 0 Å². The Kier molecular flexibility index (Phi) is 20.6. The van der Waals surface area contributed by atoms with Crippen molar-refractivity contribution < 1.29 is 64.2 Å². The van der Waals surface area contributed by atoms with Crippen molar-refractivity contribution >= 4 is 5.97 Å². The quantitative estimate of drug-likeness (QED) is 0.0472. The second-order valence-corrected chi connectivity index (χ2v) is 12.4. The molecule has 0 spiro atoms. The summed E-state index contributed by atoms with van der Waals surface area (Å²) in [6.07, 6.45) is 3.71. The van der Waals surface area contributed by atoms with Crippen LogP contribution in [0.3, 0.4) is 0 Å². The topological polar surface area (TPSA) is 205 Å². The summed E-state index contributed by atoms with van der Waals surface area (Å²) in [7, 11) is 0. The summed E-state index contributed by atoms with van der Waals surface area (Å²) < 4.78 is 27.7. The lowest BCUT2D eigenvalue weighted by Gasteiger charge is -2.46. The maximum atomic E-state index is 11.3. The minimum atomic E-state index is -1.71. The molecule has 0 aromatic carbocycles. The van der Waals surface area contributed by atoms with Gasteiger partial charge in [-0.3, -0.25) is 4.79 Å². The third-order valence-corrected chi connectivity index (χ3v) is 8.54. The van der Waals surface area contributed by atoms with E-state index < -0.39 is 74.6 Å². The maximum Gasteiger partial charge on any atom is 0.305 e. The van der Waals surface area contributed by atoms with E-state index in [9.17, 15) is 40.5 Å². The molecule has 0 aromatic rings. The van der Waals surface area contributed by atoms with Crippen LogP contribution in [0.1, 0.15) is 104 Å². The van der Waals surface area contributed by atoms with E-state index in [2.05, 4.69) is 12.2 Å². The van der Waals surface area contributed by atoms with Crippen molar-refractivity contribution in [3.8, 4) is 0 Å². The van der Waals surface area contributed by atoms with Crippen molar-refractivity contribution in [2.45, 2.75) is 171 Å². The zero-order valence-electron chi connectivity index (χ0n) is 27.6. The van der Waals surface area contributed by atoms with Crippen LogP contribution in [0, 0.1) is 0 Å². The minimum Gasteiger partial charge on any atom is -0.466 e. The number of aliphatic hydroxyl groups excluding tert-OH is 7. The lowest BCUT2D eigenvalue weighted by Crippen LogP contribution is -2.64. The van der Waals surface area contributed by atoms with Crippen molar-refractivity contribution in [1.29, 1.82) is 0 Å². The van der Waals surface area contributed by atoms with Crippen molar-refractivity contribution in [2.24, 2.45) is 0 Å². The third-order valence-electron chi connectivity index (χ3n) is 8.54. The number of carbonyl (C=O) groups excluding carboxylic acids is 1. The average molecular weight is 665 g/mol. The SMILES string of the molecule is CCOC(=O)CCCCCCCCC/C=C\CCCCCC(C)O[C@@H]1OC(CO)[C@@H](O)[C@H](O)[C@H]1O[C@@H]1OC(CO)[C@@H](O)[C@H](O)[C@H]1O. The van der Waals surface area contributed by atoms with E-state index in [4.69, 9.17) is 23.7 Å². The molecule has 0 amide bonds. The first-order chi connectivity index (χ1) is 22.1. The lowest BCUT2D eigenvalue weighted by atomic mass is 9.97. The van der Waals surface area contributed by atoms with Gasteiger partial charge in [0.2, 0.25) is 0 Å². The highest BCUT2D eigenvalue weighted by Gasteiger charge is 2.51. The van der Waals surface area contributed by atoms with Crippen molar-refractivity contribution in [1.82, 2.24) is 0 Å². The van der Waals surface area contributed by atoms with Crippen LogP contribution in [-0.2, 0) is 28.5 Å². The molecule has 2 heterocycles. The van der Waals surface area contributed by atoms with E-state index in [1.165, 1.54) is 25.7 Å². The van der Waals surface area contributed by atoms with Crippen LogP contribution in [0.2, 0.25) is 0 Å². The first-order valence-corrected chi connectivity index (χ1v) is 17.2. The molecule has 0 radical (unpaired) electrons. The minimum absolute atomic E-state index is 0.0946. The fraction of sp³-hybridized carbons (Fsp3) is 0.909. The van der Waals surface area contributed by atoms with Crippen molar-refractivity contribution in [2.75, 3.05) is 19.8 Å². The van der Waals surface area contributed by atoms with Gasteiger partial charge in [0.25, 0.3) is 0 Å². The predicted octanol–water partition coefficient (Wildman–Crippen LogP) is 1.60. The standard InChI is InChI=1S/C33H60O13/c1-3-42-25(36)19-17-15-13-11-9-7-5-4-6-8-10-12-14-16-18-22(2)43-33-31(29(40)27(38)24(21-35)45-33)46-32-30(41)28(39)26(37)23(20-34)44-32/h6,8,22-24,26-35,37-41H,3-5,7,9-21H2,1-2H3/b8-6-/t22?,23?,24?,26-,27-,28+,29+,30-,31-,32+,33-/m1/s1. The number of hydrogen-bond donors (Lipinski definition) is 7. The molecule has 2 aliphatic rings. The third kappa shape index (κ3) is 14.1. The van der Waals surface area contributed by atoms with Crippen LogP contribution in [0.15, 0.2) is 12.2 Å². The molecule has 13 heteroatoms. The van der Waals surface area contributed by atoms with Gasteiger partial charge in [0.15, 0.2) is 12.6 Å². The lowest BCUT2D eigenvalue weighted by molar-refractivity contribution is -0.371. The number of hydrogen-bond acceptors (Lipinski definition) is 13. The largest absolute Gasteiger partial charge is 0.466 e. The smallest absolute Gasteiger partial charge is 0.305 e. The van der Waals surface area contributed by atoms with E-state index in [0.29, 0.717) is 19.4 Å². The Hall–Kier alpha value is -1.23. The van der Waals surface area contributed by atoms with Gasteiger partial charge in [-0.15, -0.1) is 0 Å². The van der Waals surface area contributed by atoms with E-state index >= 15 is 0 Å². The molecule has 11 atom stereocenters. The van der Waals surface area contributed by atoms with Gasteiger partial charge in [0, 0.05) is 6.42 Å². The molecule has 2 fully saturated rings. The monoisotopic (exact) mass is 664 g/mol. The Balaban J connectivity index is 1.64. The normalized spacial score (nSPS) is 32.5. The van der Waals surface area contributed by atoms with Gasteiger partial charge in [-0.05, 0) is 52.4 Å². The zero-order valence-corrected chi connectivity index (χ0v) is 27.6. The fourth-order valence-corrected chi connectivity index (χ4v) is 5.70. The Morgan fingerprint density at radius 2 is 1.22 bits per heavy atom. The molecule has 0 bridgehead atoms. The molecular formula is C33H60O13. The van der Waals surface area contributed by atoms with E-state index in [0.717, 1.165) is 51.4 Å². The number of aliphatic hydroxyl groups is 7. The molecule has 2 saturated heterocycles. The molecule has 2 rings (SSSR count). The number of carbonyl (C=O) groups is 1. The Bertz CT molecular complexity index is 827. The van der Waals surface area contributed by atoms with Gasteiger partial charge in [-0.25, -0.2) is 0 Å². The highest BCUT2D eigenvalue weighted by Crippen LogP contribution is 2.30. The number of esters is 1. The zero-order chi connectivity index (χ0) is 33.9. The molecule has 0 aliphatic carbocycles. The summed E-state index contributed by atoms with van der Waals surface area (Å²) >= 11 is 0. The highest BCUT2D eigenvalue weighted by atomic mass is 16.8. The maximum absolute atomic E-state index is 11.3. The molecule has 46 heavy (non-hydrogen) atoms. The Labute approximate surface area is 273 Å². The number of allylic oxidation sites excluding steroid dienone is 2. The van der Waals surface area contributed by atoms with Gasteiger partial charge in [0.05, 0.1) is 25.9 Å². The van der Waals surface area contributed by atoms with Gasteiger partial charge < -0.3 is 59.4 Å². The van der Waals surface area contributed by atoms with Gasteiger partial charge >= 0.3 is 5.97 Å². The first kappa shape index (κ1) is 40.9. The van der Waals surface area contributed by atoms with Crippen LogP contribution in [0.4, 0.5) is 0 Å². The summed E-state index contributed by atoms with van der Waals surface area (Å²) in [6, 6.07) is 0. The highest BCUT2D eigenvalue weighted by molar-refractivity contribution is 5.69. The molecule has 0 aromatic heterocycles. The Morgan fingerprint density at radius 3 is 1.80 bits per heavy atom. The molecule has 3 unspecified atom stereocenters. The van der Waals surface area contributed by atoms with E-state index in [-0.39, 0.29) is 12.1 Å². The molecule has 13 nitrogen and oxygen atoms in total. The second kappa shape index (κ2) is 23.2. The first-order valence-electron chi connectivity index (χ1n) is 17.2. The summed E-state index contributed by atoms with van der Waals surface area (Å²) in [5.74, 6) is -0.0946. The van der Waals surface area contributed by atoms with E-state index in [1.807, 2.05) is 13.8 Å². The molecular weight excluding hydrogens is 604 g/mol. The van der Waals surface area contributed by atoms with Crippen molar-refractivity contribution in [3.05, 3.63) is 12.2 Å². The van der Waals surface area contributed by atoms with Crippen LogP contribution < -0.4 is 0 Å². The van der Waals surface area contributed by atoms with Gasteiger partial charge in [-0.1, -0.05) is 57.1 Å². The van der Waals surface area contributed by atoms with Crippen LogP contribution in [0.5, 0.6) is 0 Å². The fourth-order valence-electron chi connectivity index (χ4n) is 5.70. The average Bonchev–Trinajstić information content (AvgIpc) is 3.04. The van der Waals surface area contributed by atoms with E-state index in [1.54, 1.807) is 0 Å². The van der Waals surface area contributed by atoms with Crippen LogP contribution in [-0.4, -0.2) is 129 Å². The van der Waals surface area contributed by atoms with Crippen LogP contribution in [0.25, 0.3) is 0 Å². The molecule has 270 valence electrons. The molecule has 0 saturated carbocycles. The van der Waals surface area contributed by atoms with Gasteiger partial charge in [-0.2, -0.15) is 0 Å². The Morgan fingerprint density at radius 1 is 0.696 bits per heavy atom. The summed E-state index contributed by atoms with van der Waals surface area (Å²) in [6.45, 7) is 2.89. The number of unbranched alkanes of at least 4 members (excludes halogenated alkanes) is 10. The molecule has 7 N–H and O–H groups in total. The predicted molar refractivity (Wildman–Crippen MR) is 167 cm³/mol.